The van der Waals surface area contributed by atoms with E-state index in [1.165, 1.54) is 12.1 Å². The number of halogens is 4. The maximum Gasteiger partial charge on any atom is 0.271 e. The third-order valence-corrected chi connectivity index (χ3v) is 6.27. The molecule has 7 nitrogen and oxygen atoms in total. The van der Waals surface area contributed by atoms with Crippen LogP contribution in [0.1, 0.15) is 11.1 Å². The van der Waals surface area contributed by atoms with Crippen LogP contribution in [0.15, 0.2) is 53.0 Å². The van der Waals surface area contributed by atoms with Crippen LogP contribution >= 0.6 is 50.7 Å². The normalized spacial score (nSPS) is 10.7. The van der Waals surface area contributed by atoms with Crippen LogP contribution in [-0.2, 0) is 13.2 Å². The highest BCUT2D eigenvalue weighted by molar-refractivity contribution is 9.10. The van der Waals surface area contributed by atoms with Gasteiger partial charge >= 0.3 is 0 Å². The highest BCUT2D eigenvalue weighted by atomic mass is 79.9. The molecular formula is C23H21BrCl3N3O4. The lowest BCUT2D eigenvalue weighted by Crippen LogP contribution is -2.22. The molecule has 0 unspecified atom stereocenters. The van der Waals surface area contributed by atoms with Crippen LogP contribution in [0.25, 0.3) is 0 Å². The summed E-state index contributed by atoms with van der Waals surface area (Å²) in [7, 11) is 1.58. The fraction of sp³-hybridized carbons (Fsp3) is 0.217. The second-order valence-electron chi connectivity index (χ2n) is 7.16. The van der Waals surface area contributed by atoms with Gasteiger partial charge in [-0.3, -0.25) is 10.1 Å². The molecule has 11 heteroatoms. The first kappa shape index (κ1) is 26.4. The van der Waals surface area contributed by atoms with Gasteiger partial charge in [0.1, 0.15) is 6.61 Å². The molecule has 3 aromatic rings. The number of nitro benzene ring substituents is 1. The van der Waals surface area contributed by atoms with E-state index in [-0.39, 0.29) is 12.3 Å². The van der Waals surface area contributed by atoms with E-state index in [2.05, 4.69) is 26.6 Å². The molecule has 0 spiro atoms. The van der Waals surface area contributed by atoms with Crippen molar-refractivity contribution in [3.8, 4) is 11.5 Å². The molecule has 180 valence electrons. The molecule has 0 aliphatic carbocycles. The quantitative estimate of drug-likeness (QED) is 0.141. The molecule has 0 heterocycles. The van der Waals surface area contributed by atoms with E-state index in [9.17, 15) is 10.1 Å². The van der Waals surface area contributed by atoms with Gasteiger partial charge in [0.2, 0.25) is 0 Å². The van der Waals surface area contributed by atoms with E-state index in [0.29, 0.717) is 51.9 Å². The molecule has 0 atom stereocenters. The third kappa shape index (κ3) is 7.13. The van der Waals surface area contributed by atoms with Gasteiger partial charge in [-0.1, -0.05) is 40.9 Å². The van der Waals surface area contributed by atoms with Gasteiger partial charge in [0.05, 0.1) is 27.2 Å². The number of benzene rings is 3. The maximum absolute atomic E-state index is 10.8. The fourth-order valence-corrected chi connectivity index (χ4v) is 4.39. The molecule has 0 aliphatic heterocycles. The van der Waals surface area contributed by atoms with Crippen molar-refractivity contribution in [3.05, 3.63) is 89.3 Å². The number of nitrogens with one attached hydrogen (secondary N) is 2. The van der Waals surface area contributed by atoms with Crippen LogP contribution in [0.5, 0.6) is 11.5 Å². The molecule has 34 heavy (non-hydrogen) atoms. The zero-order valence-electron chi connectivity index (χ0n) is 18.0. The van der Waals surface area contributed by atoms with Gasteiger partial charge in [-0.05, 0) is 51.8 Å². The van der Waals surface area contributed by atoms with Gasteiger partial charge in [0, 0.05) is 47.4 Å². The molecule has 0 saturated heterocycles. The predicted molar refractivity (Wildman–Crippen MR) is 140 cm³/mol. The highest BCUT2D eigenvalue weighted by Gasteiger charge is 2.13. The zero-order valence-corrected chi connectivity index (χ0v) is 21.9. The Bertz CT molecular complexity index is 1180. The molecule has 0 bridgehead atoms. The summed E-state index contributed by atoms with van der Waals surface area (Å²) in [5, 5.41) is 18.7. The Morgan fingerprint density at radius 2 is 1.82 bits per heavy atom. The molecule has 2 N–H and O–H groups in total. The molecule has 0 saturated carbocycles. The molecule has 0 aromatic heterocycles. The van der Waals surface area contributed by atoms with E-state index in [1.54, 1.807) is 25.3 Å². The third-order valence-electron chi connectivity index (χ3n) is 4.79. The summed E-state index contributed by atoms with van der Waals surface area (Å²) in [5.41, 5.74) is 2.40. The van der Waals surface area contributed by atoms with Crippen molar-refractivity contribution < 1.29 is 14.4 Å². The molecule has 0 radical (unpaired) electrons. The van der Waals surface area contributed by atoms with Crippen LogP contribution in [0.3, 0.4) is 0 Å². The second kappa shape index (κ2) is 12.5. The fourth-order valence-electron chi connectivity index (χ4n) is 3.08. The van der Waals surface area contributed by atoms with Crippen LogP contribution in [-0.4, -0.2) is 25.1 Å². The lowest BCUT2D eigenvalue weighted by molar-refractivity contribution is -0.384. The minimum Gasteiger partial charge on any atom is -0.493 e. The highest BCUT2D eigenvalue weighted by Crippen LogP contribution is 2.37. The summed E-state index contributed by atoms with van der Waals surface area (Å²) in [6, 6.07) is 13.4. The van der Waals surface area contributed by atoms with E-state index >= 15 is 0 Å². The number of hydrogen-bond acceptors (Lipinski definition) is 6. The van der Waals surface area contributed by atoms with Crippen molar-refractivity contribution in [2.24, 2.45) is 0 Å². The van der Waals surface area contributed by atoms with Gasteiger partial charge in [0.15, 0.2) is 11.5 Å². The summed E-state index contributed by atoms with van der Waals surface area (Å²) in [6.45, 7) is 2.08. The van der Waals surface area contributed by atoms with Crippen LogP contribution in [0, 0.1) is 10.1 Å². The minimum atomic E-state index is -0.479. The van der Waals surface area contributed by atoms with Crippen LogP contribution in [0.2, 0.25) is 15.1 Å². The van der Waals surface area contributed by atoms with Crippen molar-refractivity contribution in [1.29, 1.82) is 0 Å². The van der Waals surface area contributed by atoms with E-state index in [0.717, 1.165) is 15.6 Å². The lowest BCUT2D eigenvalue weighted by atomic mass is 10.2. The Labute approximate surface area is 220 Å². The van der Waals surface area contributed by atoms with Crippen LogP contribution < -0.4 is 20.1 Å². The first-order chi connectivity index (χ1) is 16.3. The van der Waals surface area contributed by atoms with Crippen molar-refractivity contribution in [2.45, 2.75) is 13.2 Å². The summed E-state index contributed by atoms with van der Waals surface area (Å²) in [6.07, 6.45) is 0. The predicted octanol–water partition coefficient (Wildman–Crippen LogP) is 7.11. The first-order valence-electron chi connectivity index (χ1n) is 10.1. The van der Waals surface area contributed by atoms with Gasteiger partial charge < -0.3 is 20.1 Å². The molecule has 3 rings (SSSR count). The van der Waals surface area contributed by atoms with E-state index < -0.39 is 4.92 Å². The number of methoxy groups -OCH3 is 1. The molecule has 0 aliphatic rings. The van der Waals surface area contributed by atoms with Crippen LogP contribution in [0.4, 0.5) is 11.4 Å². The number of anilines is 1. The van der Waals surface area contributed by atoms with E-state index in [4.69, 9.17) is 44.3 Å². The monoisotopic (exact) mass is 587 g/mol. The summed E-state index contributed by atoms with van der Waals surface area (Å²) >= 11 is 21.8. The molecule has 0 amide bonds. The number of ether oxygens (including phenoxy) is 2. The zero-order chi connectivity index (χ0) is 24.7. The largest absolute Gasteiger partial charge is 0.493 e. The second-order valence-corrected chi connectivity index (χ2v) is 9.26. The Kier molecular flexibility index (Phi) is 9.67. The SMILES string of the molecule is COc1cc(CNCCNc2ccc([N+](=O)[O-])cc2Cl)cc(Br)c1OCc1ccc(Cl)cc1Cl. The number of nitrogens with zero attached hydrogens (tertiary/aromatic N) is 1. The molecular weight excluding hydrogens is 569 g/mol. The Morgan fingerprint density at radius 1 is 1.03 bits per heavy atom. The summed E-state index contributed by atoms with van der Waals surface area (Å²) in [4.78, 5) is 10.3. The Hall–Kier alpha value is -2.23. The van der Waals surface area contributed by atoms with E-state index in [1.807, 2.05) is 18.2 Å². The molecule has 0 fully saturated rings. The Balaban J connectivity index is 1.53. The first-order valence-corrected chi connectivity index (χ1v) is 12.0. The maximum atomic E-state index is 10.8. The van der Waals surface area contributed by atoms with Crippen molar-refractivity contribution >= 4 is 62.1 Å². The smallest absolute Gasteiger partial charge is 0.271 e. The summed E-state index contributed by atoms with van der Waals surface area (Å²) < 4.78 is 12.2. The lowest BCUT2D eigenvalue weighted by Gasteiger charge is -2.15. The van der Waals surface area contributed by atoms with Gasteiger partial charge in [-0.25, -0.2) is 0 Å². The number of nitro groups is 1. The molecule has 3 aromatic carbocycles. The van der Waals surface area contributed by atoms with Crippen molar-refractivity contribution in [3.63, 3.8) is 0 Å². The van der Waals surface area contributed by atoms with Gasteiger partial charge in [0.25, 0.3) is 5.69 Å². The number of rotatable bonds is 11. The average molecular weight is 590 g/mol. The number of non-ortho nitro benzene ring substituents is 1. The van der Waals surface area contributed by atoms with Crippen molar-refractivity contribution in [1.82, 2.24) is 5.32 Å². The topological polar surface area (TPSA) is 85.7 Å². The average Bonchev–Trinajstić information content (AvgIpc) is 2.79. The standard InChI is InChI=1S/C23H21BrCl3N3O4/c1-33-22-9-14(8-18(24)23(22)34-13-15-2-3-16(25)10-19(15)26)12-28-6-7-29-21-5-4-17(30(31)32)11-20(21)27/h2-5,8-11,28-29H,6-7,12-13H2,1H3. The number of hydrogen-bond donors (Lipinski definition) is 2. The Morgan fingerprint density at radius 3 is 2.50 bits per heavy atom. The summed E-state index contributed by atoms with van der Waals surface area (Å²) in [5.74, 6) is 1.17. The minimum absolute atomic E-state index is 0.0445. The van der Waals surface area contributed by atoms with Gasteiger partial charge in [-0.15, -0.1) is 0 Å². The van der Waals surface area contributed by atoms with Gasteiger partial charge in [-0.2, -0.15) is 0 Å². The van der Waals surface area contributed by atoms with Crippen molar-refractivity contribution in [2.75, 3.05) is 25.5 Å².